The fraction of sp³-hybridized carbons (Fsp3) is 0.267. The lowest BCUT2D eigenvalue weighted by molar-refractivity contribution is 0.170. The zero-order chi connectivity index (χ0) is 12.4. The van der Waals surface area contributed by atoms with E-state index in [1.165, 1.54) is 4.88 Å². The maximum absolute atomic E-state index is 9.54. The second kappa shape index (κ2) is 4.47. The number of nitriles is 1. The van der Waals surface area contributed by atoms with Gasteiger partial charge in [-0.2, -0.15) is 5.26 Å². The maximum Gasteiger partial charge on any atom is 0.122 e. The predicted octanol–water partition coefficient (Wildman–Crippen LogP) is 3.44. The standard InChI is InChI=1S/C15H13NOS/c16-10-15(9-13-5-3-7-18-13)8-12-4-1-2-6-14(12)17-11-15/h1-7H,8-9,11H2. The summed E-state index contributed by atoms with van der Waals surface area (Å²) in [5.74, 6) is 0.926. The van der Waals surface area contributed by atoms with E-state index in [1.807, 2.05) is 24.3 Å². The fourth-order valence-electron chi connectivity index (χ4n) is 2.39. The van der Waals surface area contributed by atoms with Crippen molar-refractivity contribution in [2.24, 2.45) is 5.41 Å². The third kappa shape index (κ3) is 2.00. The molecule has 1 aromatic carbocycles. The molecule has 3 heteroatoms. The Hall–Kier alpha value is -1.79. The van der Waals surface area contributed by atoms with E-state index < -0.39 is 5.41 Å². The van der Waals surface area contributed by atoms with Crippen molar-refractivity contribution in [2.45, 2.75) is 12.8 Å². The Balaban J connectivity index is 1.89. The first-order chi connectivity index (χ1) is 8.81. The average Bonchev–Trinajstić information content (AvgIpc) is 2.91. The number of rotatable bonds is 2. The van der Waals surface area contributed by atoms with E-state index in [2.05, 4.69) is 23.6 Å². The predicted molar refractivity (Wildman–Crippen MR) is 71.7 cm³/mol. The van der Waals surface area contributed by atoms with E-state index in [4.69, 9.17) is 4.74 Å². The molecule has 0 spiro atoms. The van der Waals surface area contributed by atoms with E-state index in [0.717, 1.165) is 24.2 Å². The number of thiophene rings is 1. The largest absolute Gasteiger partial charge is 0.492 e. The maximum atomic E-state index is 9.54. The Kier molecular flexibility index (Phi) is 2.81. The zero-order valence-electron chi connectivity index (χ0n) is 9.93. The zero-order valence-corrected chi connectivity index (χ0v) is 10.7. The molecule has 0 radical (unpaired) electrons. The van der Waals surface area contributed by atoms with Gasteiger partial charge in [0.25, 0.3) is 0 Å². The molecule has 0 amide bonds. The molecule has 1 unspecified atom stereocenters. The van der Waals surface area contributed by atoms with E-state index in [-0.39, 0.29) is 0 Å². The summed E-state index contributed by atoms with van der Waals surface area (Å²) in [7, 11) is 0. The molecule has 0 saturated carbocycles. The van der Waals surface area contributed by atoms with Crippen molar-refractivity contribution in [1.29, 1.82) is 5.26 Å². The normalized spacial score (nSPS) is 21.7. The quantitative estimate of drug-likeness (QED) is 0.823. The summed E-state index contributed by atoms with van der Waals surface area (Å²) in [6, 6.07) is 14.6. The molecule has 2 heterocycles. The van der Waals surface area contributed by atoms with Gasteiger partial charge in [0.05, 0.1) is 6.07 Å². The van der Waals surface area contributed by atoms with Crippen LogP contribution in [0.4, 0.5) is 0 Å². The second-order valence-electron chi connectivity index (χ2n) is 4.72. The van der Waals surface area contributed by atoms with Crippen LogP contribution in [0.1, 0.15) is 10.4 Å². The van der Waals surface area contributed by atoms with Crippen molar-refractivity contribution < 1.29 is 4.74 Å². The van der Waals surface area contributed by atoms with Crippen molar-refractivity contribution in [3.8, 4) is 11.8 Å². The van der Waals surface area contributed by atoms with Gasteiger partial charge in [0.15, 0.2) is 0 Å². The van der Waals surface area contributed by atoms with E-state index >= 15 is 0 Å². The summed E-state index contributed by atoms with van der Waals surface area (Å²) in [4.78, 5) is 1.25. The molecule has 3 rings (SSSR count). The average molecular weight is 255 g/mol. The molecule has 1 atom stereocenters. The van der Waals surface area contributed by atoms with Crippen LogP contribution in [-0.2, 0) is 12.8 Å². The second-order valence-corrected chi connectivity index (χ2v) is 5.75. The minimum atomic E-state index is -0.417. The SMILES string of the molecule is N#CC1(Cc2cccs2)COc2ccccc2C1. The number of hydrogen-bond acceptors (Lipinski definition) is 3. The Labute approximate surface area is 110 Å². The highest BCUT2D eigenvalue weighted by Gasteiger charge is 2.36. The first-order valence-electron chi connectivity index (χ1n) is 5.96. The van der Waals surface area contributed by atoms with Gasteiger partial charge in [-0.3, -0.25) is 0 Å². The molecule has 0 bridgehead atoms. The number of hydrogen-bond donors (Lipinski definition) is 0. The minimum Gasteiger partial charge on any atom is -0.492 e. The van der Waals surface area contributed by atoms with Gasteiger partial charge in [0.2, 0.25) is 0 Å². The third-order valence-corrected chi connectivity index (χ3v) is 4.21. The Morgan fingerprint density at radius 1 is 1.28 bits per heavy atom. The lowest BCUT2D eigenvalue weighted by atomic mass is 9.78. The molecule has 0 saturated heterocycles. The third-order valence-electron chi connectivity index (χ3n) is 3.34. The fourth-order valence-corrected chi connectivity index (χ4v) is 3.24. The Morgan fingerprint density at radius 3 is 2.94 bits per heavy atom. The summed E-state index contributed by atoms with van der Waals surface area (Å²) in [5, 5.41) is 11.6. The number of para-hydroxylation sites is 1. The van der Waals surface area contributed by atoms with Gasteiger partial charge in [-0.15, -0.1) is 11.3 Å². The Bertz CT molecular complexity index is 585. The van der Waals surface area contributed by atoms with E-state index in [9.17, 15) is 5.26 Å². The van der Waals surface area contributed by atoms with Gasteiger partial charge in [0.1, 0.15) is 17.8 Å². The molecule has 0 N–H and O–H groups in total. The molecule has 18 heavy (non-hydrogen) atoms. The van der Waals surface area contributed by atoms with Crippen LogP contribution in [0, 0.1) is 16.7 Å². The number of nitrogens with zero attached hydrogens (tertiary/aromatic N) is 1. The summed E-state index contributed by atoms with van der Waals surface area (Å²) >= 11 is 1.71. The van der Waals surface area contributed by atoms with Crippen LogP contribution in [0.15, 0.2) is 41.8 Å². The van der Waals surface area contributed by atoms with Crippen LogP contribution < -0.4 is 4.74 Å². The van der Waals surface area contributed by atoms with Crippen molar-refractivity contribution >= 4 is 11.3 Å². The molecule has 1 aliphatic rings. The van der Waals surface area contributed by atoms with Crippen LogP contribution in [0.25, 0.3) is 0 Å². The summed E-state index contributed by atoms with van der Waals surface area (Å²) in [6.07, 6.45) is 1.55. The topological polar surface area (TPSA) is 33.0 Å². The number of ether oxygens (including phenoxy) is 1. The first kappa shape index (κ1) is 11.3. The summed E-state index contributed by atoms with van der Waals surface area (Å²) < 4.78 is 5.76. The molecular weight excluding hydrogens is 242 g/mol. The first-order valence-corrected chi connectivity index (χ1v) is 6.84. The van der Waals surface area contributed by atoms with Crippen molar-refractivity contribution in [1.82, 2.24) is 0 Å². The highest BCUT2D eigenvalue weighted by Crippen LogP contribution is 2.37. The molecule has 90 valence electrons. The monoisotopic (exact) mass is 255 g/mol. The Morgan fingerprint density at radius 2 is 2.17 bits per heavy atom. The van der Waals surface area contributed by atoms with Crippen molar-refractivity contribution in [3.05, 3.63) is 52.2 Å². The smallest absolute Gasteiger partial charge is 0.122 e. The molecule has 1 aromatic heterocycles. The summed E-state index contributed by atoms with van der Waals surface area (Å²) in [5.41, 5.74) is 0.723. The van der Waals surface area contributed by atoms with Crippen LogP contribution in [0.2, 0.25) is 0 Å². The highest BCUT2D eigenvalue weighted by molar-refractivity contribution is 7.09. The molecule has 0 aliphatic carbocycles. The van der Waals surface area contributed by atoms with Crippen LogP contribution in [0.3, 0.4) is 0 Å². The lowest BCUT2D eigenvalue weighted by Crippen LogP contribution is -2.35. The minimum absolute atomic E-state index is 0.417. The number of fused-ring (bicyclic) bond motifs is 1. The number of benzene rings is 1. The molecule has 1 aliphatic heterocycles. The molecule has 2 nitrogen and oxygen atoms in total. The van der Waals surface area contributed by atoms with Crippen LogP contribution >= 0.6 is 11.3 Å². The van der Waals surface area contributed by atoms with Gasteiger partial charge in [-0.05, 0) is 29.5 Å². The van der Waals surface area contributed by atoms with Gasteiger partial charge in [0, 0.05) is 11.3 Å². The van der Waals surface area contributed by atoms with E-state index in [1.54, 1.807) is 11.3 Å². The van der Waals surface area contributed by atoms with Gasteiger partial charge >= 0.3 is 0 Å². The molecular formula is C15H13NOS. The van der Waals surface area contributed by atoms with Crippen molar-refractivity contribution in [3.63, 3.8) is 0 Å². The van der Waals surface area contributed by atoms with Crippen molar-refractivity contribution in [2.75, 3.05) is 6.61 Å². The van der Waals surface area contributed by atoms with Gasteiger partial charge < -0.3 is 4.74 Å². The summed E-state index contributed by atoms with van der Waals surface area (Å²) in [6.45, 7) is 0.485. The van der Waals surface area contributed by atoms with Crippen LogP contribution in [0.5, 0.6) is 5.75 Å². The molecule has 0 fully saturated rings. The molecule has 2 aromatic rings. The highest BCUT2D eigenvalue weighted by atomic mass is 32.1. The van der Waals surface area contributed by atoms with E-state index in [0.29, 0.717) is 6.61 Å². The van der Waals surface area contributed by atoms with Gasteiger partial charge in [-0.1, -0.05) is 24.3 Å². The lowest BCUT2D eigenvalue weighted by Gasteiger charge is -2.32. The van der Waals surface area contributed by atoms with Crippen LogP contribution in [-0.4, -0.2) is 6.61 Å². The van der Waals surface area contributed by atoms with Gasteiger partial charge in [-0.25, -0.2) is 0 Å².